The van der Waals surface area contributed by atoms with Crippen molar-refractivity contribution >= 4 is 17.3 Å². The molecule has 0 saturated heterocycles. The molecule has 5 nitrogen and oxygen atoms in total. The van der Waals surface area contributed by atoms with E-state index in [1.165, 1.54) is 0 Å². The van der Waals surface area contributed by atoms with Gasteiger partial charge in [-0.15, -0.1) is 0 Å². The fourth-order valence-corrected chi connectivity index (χ4v) is 1.63. The van der Waals surface area contributed by atoms with Crippen LogP contribution in [0.4, 0.5) is 11.4 Å². The summed E-state index contributed by atoms with van der Waals surface area (Å²) in [6.45, 7) is 2.88. The minimum atomic E-state index is -0.160. The molecule has 2 heterocycles. The van der Waals surface area contributed by atoms with Gasteiger partial charge in [-0.1, -0.05) is 6.92 Å². The molecule has 0 unspecified atom stereocenters. The first kappa shape index (κ1) is 13.0. The van der Waals surface area contributed by atoms with Crippen LogP contribution >= 0.6 is 0 Å². The molecule has 5 heteroatoms. The first-order valence-corrected chi connectivity index (χ1v) is 6.20. The van der Waals surface area contributed by atoms with Crippen LogP contribution in [0.1, 0.15) is 23.7 Å². The molecule has 0 aliphatic carbocycles. The van der Waals surface area contributed by atoms with Crippen molar-refractivity contribution in [3.63, 3.8) is 0 Å². The number of hydrogen-bond donors (Lipinski definition) is 2. The lowest BCUT2D eigenvalue weighted by Gasteiger charge is -2.10. The van der Waals surface area contributed by atoms with Gasteiger partial charge in [0.25, 0.3) is 5.91 Å². The Balaban J connectivity index is 2.14. The van der Waals surface area contributed by atoms with Crippen molar-refractivity contribution in [2.24, 2.45) is 0 Å². The second kappa shape index (κ2) is 6.49. The SMILES string of the molecule is CCCNc1cnccc1C(=O)Nc1ccncc1. The number of nitrogens with one attached hydrogen (secondary N) is 2. The summed E-state index contributed by atoms with van der Waals surface area (Å²) in [5, 5.41) is 6.02. The van der Waals surface area contributed by atoms with E-state index in [-0.39, 0.29) is 5.91 Å². The van der Waals surface area contributed by atoms with Crippen LogP contribution in [0.5, 0.6) is 0 Å². The van der Waals surface area contributed by atoms with Crippen LogP contribution in [-0.2, 0) is 0 Å². The lowest BCUT2D eigenvalue weighted by molar-refractivity contribution is 0.102. The number of aromatic nitrogens is 2. The number of carbonyl (C=O) groups is 1. The summed E-state index contributed by atoms with van der Waals surface area (Å²) >= 11 is 0. The third-order valence-corrected chi connectivity index (χ3v) is 2.57. The maximum Gasteiger partial charge on any atom is 0.257 e. The maximum absolute atomic E-state index is 12.2. The molecule has 0 spiro atoms. The molecule has 2 rings (SSSR count). The van der Waals surface area contributed by atoms with Crippen LogP contribution in [0, 0.1) is 0 Å². The highest BCUT2D eigenvalue weighted by Crippen LogP contribution is 2.15. The van der Waals surface area contributed by atoms with Crippen molar-refractivity contribution in [2.45, 2.75) is 13.3 Å². The van der Waals surface area contributed by atoms with Gasteiger partial charge in [-0.2, -0.15) is 0 Å². The smallest absolute Gasteiger partial charge is 0.257 e. The first-order chi connectivity index (χ1) is 9.31. The summed E-state index contributed by atoms with van der Waals surface area (Å²) in [5.74, 6) is -0.160. The average Bonchev–Trinajstić information content (AvgIpc) is 2.46. The van der Waals surface area contributed by atoms with E-state index in [2.05, 4.69) is 27.5 Å². The minimum absolute atomic E-state index is 0.160. The van der Waals surface area contributed by atoms with Gasteiger partial charge in [0, 0.05) is 30.8 Å². The lowest BCUT2D eigenvalue weighted by Crippen LogP contribution is -2.15. The van der Waals surface area contributed by atoms with Crippen LogP contribution in [0.25, 0.3) is 0 Å². The molecule has 0 atom stereocenters. The third-order valence-electron chi connectivity index (χ3n) is 2.57. The van der Waals surface area contributed by atoms with E-state index < -0.39 is 0 Å². The number of amides is 1. The van der Waals surface area contributed by atoms with E-state index in [9.17, 15) is 4.79 Å². The Morgan fingerprint density at radius 1 is 1.16 bits per heavy atom. The van der Waals surface area contributed by atoms with Gasteiger partial charge in [0.05, 0.1) is 17.4 Å². The summed E-state index contributed by atoms with van der Waals surface area (Å²) in [4.78, 5) is 20.1. The largest absolute Gasteiger partial charge is 0.383 e. The number of nitrogens with zero attached hydrogens (tertiary/aromatic N) is 2. The van der Waals surface area contributed by atoms with E-state index in [1.807, 2.05) is 0 Å². The van der Waals surface area contributed by atoms with Gasteiger partial charge >= 0.3 is 0 Å². The quantitative estimate of drug-likeness (QED) is 0.862. The standard InChI is InChI=1S/C14H16N4O/c1-2-6-17-13-10-16-9-5-12(13)14(19)18-11-3-7-15-8-4-11/h3-5,7-10,17H,2,6H2,1H3,(H,15,18,19). The second-order valence-electron chi connectivity index (χ2n) is 4.04. The Hall–Kier alpha value is -2.43. The number of carbonyl (C=O) groups excluding carboxylic acids is 1. The Labute approximate surface area is 112 Å². The maximum atomic E-state index is 12.2. The fraction of sp³-hybridized carbons (Fsp3) is 0.214. The zero-order valence-electron chi connectivity index (χ0n) is 10.8. The van der Waals surface area contributed by atoms with Gasteiger partial charge in [0.1, 0.15) is 0 Å². The molecule has 0 fully saturated rings. The van der Waals surface area contributed by atoms with Crippen LogP contribution < -0.4 is 10.6 Å². The molecule has 0 bridgehead atoms. The van der Waals surface area contributed by atoms with Gasteiger partial charge in [-0.05, 0) is 24.6 Å². The second-order valence-corrected chi connectivity index (χ2v) is 4.04. The number of anilines is 2. The Bertz CT molecular complexity index is 542. The molecule has 19 heavy (non-hydrogen) atoms. The molecule has 0 saturated carbocycles. The van der Waals surface area contributed by atoms with E-state index >= 15 is 0 Å². The van der Waals surface area contributed by atoms with Crippen LogP contribution in [0.15, 0.2) is 43.0 Å². The molecular formula is C14H16N4O. The lowest BCUT2D eigenvalue weighted by atomic mass is 10.2. The zero-order chi connectivity index (χ0) is 13.5. The van der Waals surface area contributed by atoms with Gasteiger partial charge in [-0.3, -0.25) is 14.8 Å². The van der Waals surface area contributed by atoms with E-state index in [0.717, 1.165) is 24.3 Å². The van der Waals surface area contributed by atoms with Crippen molar-refractivity contribution in [3.8, 4) is 0 Å². The molecule has 2 N–H and O–H groups in total. The molecule has 0 aliphatic rings. The van der Waals surface area contributed by atoms with Gasteiger partial charge in [0.15, 0.2) is 0 Å². The van der Waals surface area contributed by atoms with Crippen molar-refractivity contribution in [3.05, 3.63) is 48.5 Å². The topological polar surface area (TPSA) is 66.9 Å². The molecular weight excluding hydrogens is 240 g/mol. The van der Waals surface area contributed by atoms with Crippen molar-refractivity contribution < 1.29 is 4.79 Å². The van der Waals surface area contributed by atoms with Crippen molar-refractivity contribution in [1.29, 1.82) is 0 Å². The molecule has 0 aromatic carbocycles. The van der Waals surface area contributed by atoms with Crippen LogP contribution in [0.3, 0.4) is 0 Å². The molecule has 1 amide bonds. The fourth-order valence-electron chi connectivity index (χ4n) is 1.63. The summed E-state index contributed by atoms with van der Waals surface area (Å²) < 4.78 is 0. The van der Waals surface area contributed by atoms with Crippen molar-refractivity contribution in [1.82, 2.24) is 9.97 Å². The summed E-state index contributed by atoms with van der Waals surface area (Å²) in [5.41, 5.74) is 2.05. The Morgan fingerprint density at radius 3 is 2.63 bits per heavy atom. The molecule has 0 radical (unpaired) electrons. The number of hydrogen-bond acceptors (Lipinski definition) is 4. The average molecular weight is 256 g/mol. The molecule has 2 aromatic rings. The van der Waals surface area contributed by atoms with Gasteiger partial charge in [0.2, 0.25) is 0 Å². The van der Waals surface area contributed by atoms with Crippen LogP contribution in [-0.4, -0.2) is 22.4 Å². The van der Waals surface area contributed by atoms with Gasteiger partial charge in [-0.25, -0.2) is 0 Å². The molecule has 2 aromatic heterocycles. The van der Waals surface area contributed by atoms with Crippen LogP contribution in [0.2, 0.25) is 0 Å². The minimum Gasteiger partial charge on any atom is -0.383 e. The Kier molecular flexibility index (Phi) is 4.44. The summed E-state index contributed by atoms with van der Waals surface area (Å²) in [7, 11) is 0. The van der Waals surface area contributed by atoms with E-state index in [1.54, 1.807) is 43.0 Å². The number of rotatable bonds is 5. The van der Waals surface area contributed by atoms with Gasteiger partial charge < -0.3 is 10.6 Å². The predicted molar refractivity (Wildman–Crippen MR) is 75.2 cm³/mol. The van der Waals surface area contributed by atoms with Crippen molar-refractivity contribution in [2.75, 3.05) is 17.2 Å². The predicted octanol–water partition coefficient (Wildman–Crippen LogP) is 2.55. The first-order valence-electron chi connectivity index (χ1n) is 6.20. The normalized spacial score (nSPS) is 9.95. The highest BCUT2D eigenvalue weighted by atomic mass is 16.1. The summed E-state index contributed by atoms with van der Waals surface area (Å²) in [6, 6.07) is 5.20. The molecule has 98 valence electrons. The molecule has 0 aliphatic heterocycles. The summed E-state index contributed by atoms with van der Waals surface area (Å²) in [6.07, 6.45) is 7.53. The monoisotopic (exact) mass is 256 g/mol. The highest BCUT2D eigenvalue weighted by molar-refractivity contribution is 6.07. The highest BCUT2D eigenvalue weighted by Gasteiger charge is 2.11. The zero-order valence-corrected chi connectivity index (χ0v) is 10.8. The van der Waals surface area contributed by atoms with E-state index in [0.29, 0.717) is 5.56 Å². The van der Waals surface area contributed by atoms with E-state index in [4.69, 9.17) is 0 Å². The Morgan fingerprint density at radius 2 is 1.89 bits per heavy atom. The third kappa shape index (κ3) is 3.51. The number of pyridine rings is 2.